The summed E-state index contributed by atoms with van der Waals surface area (Å²) in [4.78, 5) is 0. The van der Waals surface area contributed by atoms with E-state index >= 15 is 0 Å². The van der Waals surface area contributed by atoms with E-state index in [0.717, 1.165) is 6.42 Å². The average molecular weight is 193 g/mol. The molecule has 0 atom stereocenters. The molecule has 4 nitrogen and oxygen atoms in total. The molecular formula is C7H19NO3Si. The van der Waals surface area contributed by atoms with E-state index in [2.05, 4.69) is 0 Å². The Morgan fingerprint density at radius 2 is 1.83 bits per heavy atom. The van der Waals surface area contributed by atoms with Crippen molar-refractivity contribution in [2.24, 2.45) is 5.73 Å². The summed E-state index contributed by atoms with van der Waals surface area (Å²) in [5.41, 5.74) is 5.43. The first-order chi connectivity index (χ1) is 5.74. The molecule has 0 aliphatic heterocycles. The van der Waals surface area contributed by atoms with Gasteiger partial charge in [0.05, 0.1) is 0 Å². The van der Waals surface area contributed by atoms with Crippen LogP contribution in [0.1, 0.15) is 13.3 Å². The van der Waals surface area contributed by atoms with Crippen molar-refractivity contribution >= 4 is 8.80 Å². The van der Waals surface area contributed by atoms with Crippen molar-refractivity contribution in [2.75, 3.05) is 27.4 Å². The van der Waals surface area contributed by atoms with Gasteiger partial charge >= 0.3 is 8.80 Å². The van der Waals surface area contributed by atoms with E-state index in [4.69, 9.17) is 19.0 Å². The minimum absolute atomic E-state index is 0.539. The highest BCUT2D eigenvalue weighted by Gasteiger charge is 2.37. The van der Waals surface area contributed by atoms with E-state index < -0.39 is 8.80 Å². The Morgan fingerprint density at radius 3 is 2.17 bits per heavy atom. The van der Waals surface area contributed by atoms with Crippen molar-refractivity contribution in [3.8, 4) is 0 Å². The van der Waals surface area contributed by atoms with Gasteiger partial charge in [0.2, 0.25) is 0 Å². The molecule has 0 spiro atoms. The molecular weight excluding hydrogens is 174 g/mol. The summed E-state index contributed by atoms with van der Waals surface area (Å²) >= 11 is 0. The molecule has 0 aliphatic rings. The van der Waals surface area contributed by atoms with Crippen LogP contribution in [0.5, 0.6) is 0 Å². The van der Waals surface area contributed by atoms with Gasteiger partial charge in [0.25, 0.3) is 0 Å². The van der Waals surface area contributed by atoms with E-state index in [1.54, 1.807) is 14.2 Å². The smallest absolute Gasteiger partial charge is 0.377 e. The maximum absolute atomic E-state index is 5.53. The van der Waals surface area contributed by atoms with Crippen molar-refractivity contribution in [1.82, 2.24) is 0 Å². The normalized spacial score (nSPS) is 12.0. The summed E-state index contributed by atoms with van der Waals surface area (Å²) in [6.45, 7) is 3.26. The Balaban J connectivity index is 3.95. The van der Waals surface area contributed by atoms with E-state index in [1.807, 2.05) is 6.92 Å². The number of hydrogen-bond acceptors (Lipinski definition) is 4. The highest BCUT2D eigenvalue weighted by molar-refractivity contribution is 6.60. The Hall–Kier alpha value is 0.0569. The highest BCUT2D eigenvalue weighted by Crippen LogP contribution is 2.12. The lowest BCUT2D eigenvalue weighted by Gasteiger charge is -2.25. The van der Waals surface area contributed by atoms with Gasteiger partial charge in [0.1, 0.15) is 0 Å². The van der Waals surface area contributed by atoms with Crippen molar-refractivity contribution in [3.05, 3.63) is 0 Å². The van der Waals surface area contributed by atoms with Crippen molar-refractivity contribution in [2.45, 2.75) is 19.4 Å². The van der Waals surface area contributed by atoms with Gasteiger partial charge in [0, 0.05) is 26.9 Å². The third kappa shape index (κ3) is 3.64. The summed E-state index contributed by atoms with van der Waals surface area (Å²) in [5, 5.41) is 0. The fourth-order valence-electron chi connectivity index (χ4n) is 0.912. The van der Waals surface area contributed by atoms with Crippen LogP contribution in [0.25, 0.3) is 0 Å². The van der Waals surface area contributed by atoms with Gasteiger partial charge in [-0.3, -0.25) is 0 Å². The maximum Gasteiger partial charge on any atom is 0.501 e. The lowest BCUT2D eigenvalue weighted by molar-refractivity contribution is 0.0990. The first-order valence-corrected chi connectivity index (χ1v) is 6.12. The summed E-state index contributed by atoms with van der Waals surface area (Å²) in [7, 11) is 0.835. The fourth-order valence-corrected chi connectivity index (χ4v) is 2.74. The second kappa shape index (κ2) is 6.56. The zero-order valence-electron chi connectivity index (χ0n) is 8.13. The van der Waals surface area contributed by atoms with Crippen LogP contribution >= 0.6 is 0 Å². The molecule has 0 saturated carbocycles. The predicted molar refractivity (Wildman–Crippen MR) is 49.9 cm³/mol. The summed E-state index contributed by atoms with van der Waals surface area (Å²) in [5.74, 6) is 0. The molecule has 5 heteroatoms. The van der Waals surface area contributed by atoms with Crippen LogP contribution in [0.3, 0.4) is 0 Å². The minimum Gasteiger partial charge on any atom is -0.377 e. The van der Waals surface area contributed by atoms with Crippen molar-refractivity contribution in [1.29, 1.82) is 0 Å². The molecule has 12 heavy (non-hydrogen) atoms. The van der Waals surface area contributed by atoms with E-state index in [-0.39, 0.29) is 0 Å². The Labute approximate surface area is 75.4 Å². The maximum atomic E-state index is 5.53. The molecule has 0 aromatic heterocycles. The zero-order chi connectivity index (χ0) is 9.45. The highest BCUT2D eigenvalue weighted by atomic mass is 28.4. The quantitative estimate of drug-likeness (QED) is 0.602. The number of nitrogens with two attached hydrogens (primary N) is 1. The summed E-state index contributed by atoms with van der Waals surface area (Å²) in [6.07, 6.45) is 0.964. The molecule has 0 aliphatic carbocycles. The molecule has 0 amide bonds. The van der Waals surface area contributed by atoms with Crippen LogP contribution in [0, 0.1) is 0 Å². The monoisotopic (exact) mass is 193 g/mol. The minimum atomic E-state index is -2.39. The van der Waals surface area contributed by atoms with Gasteiger partial charge in [-0.2, -0.15) is 0 Å². The molecule has 0 unspecified atom stereocenters. The van der Waals surface area contributed by atoms with E-state index in [1.165, 1.54) is 0 Å². The van der Waals surface area contributed by atoms with Gasteiger partial charge in [-0.05, 0) is 13.0 Å². The second-order valence-electron chi connectivity index (χ2n) is 2.48. The van der Waals surface area contributed by atoms with Crippen molar-refractivity contribution < 1.29 is 13.3 Å². The van der Waals surface area contributed by atoms with E-state index in [9.17, 15) is 0 Å². The number of rotatable bonds is 7. The standard InChI is InChI=1S/C7H19NO3Si/c1-4-6-11-12(9-2,10-3)7-5-8/h4-8H2,1-3H3. The molecule has 0 radical (unpaired) electrons. The Kier molecular flexibility index (Phi) is 6.59. The zero-order valence-corrected chi connectivity index (χ0v) is 9.13. The van der Waals surface area contributed by atoms with Gasteiger partial charge in [-0.25, -0.2) is 0 Å². The Bertz CT molecular complexity index is 109. The average Bonchev–Trinajstić information content (AvgIpc) is 2.13. The lowest BCUT2D eigenvalue weighted by Crippen LogP contribution is -2.45. The van der Waals surface area contributed by atoms with Crippen LogP contribution in [0.15, 0.2) is 0 Å². The lowest BCUT2D eigenvalue weighted by atomic mass is 10.5. The fraction of sp³-hybridized carbons (Fsp3) is 1.00. The third-order valence-electron chi connectivity index (χ3n) is 1.60. The van der Waals surface area contributed by atoms with Gasteiger partial charge in [-0.1, -0.05) is 6.92 Å². The number of hydrogen-bond donors (Lipinski definition) is 1. The van der Waals surface area contributed by atoms with Gasteiger partial charge < -0.3 is 19.0 Å². The SMILES string of the molecule is CCCO[Si](CCN)(OC)OC. The van der Waals surface area contributed by atoms with Crippen LogP contribution < -0.4 is 5.73 Å². The molecule has 0 aromatic rings. The molecule has 74 valence electrons. The van der Waals surface area contributed by atoms with Crippen LogP contribution in [0.2, 0.25) is 6.04 Å². The third-order valence-corrected chi connectivity index (χ3v) is 4.39. The van der Waals surface area contributed by atoms with E-state index in [0.29, 0.717) is 19.2 Å². The molecule has 0 saturated heterocycles. The van der Waals surface area contributed by atoms with Crippen molar-refractivity contribution in [3.63, 3.8) is 0 Å². The molecule has 0 heterocycles. The predicted octanol–water partition coefficient (Wildman–Crippen LogP) is 0.603. The molecule has 0 aromatic carbocycles. The summed E-state index contributed by atoms with van der Waals surface area (Å²) < 4.78 is 16.0. The molecule has 0 bridgehead atoms. The molecule has 0 fully saturated rings. The first-order valence-electron chi connectivity index (χ1n) is 4.19. The largest absolute Gasteiger partial charge is 0.501 e. The Morgan fingerprint density at radius 1 is 1.25 bits per heavy atom. The topological polar surface area (TPSA) is 53.7 Å². The van der Waals surface area contributed by atoms with Gasteiger partial charge in [0.15, 0.2) is 0 Å². The molecule has 2 N–H and O–H groups in total. The summed E-state index contributed by atoms with van der Waals surface area (Å²) in [6, 6.07) is 0.681. The molecule has 0 rings (SSSR count). The second-order valence-corrected chi connectivity index (χ2v) is 5.45. The van der Waals surface area contributed by atoms with Crippen LogP contribution in [0.4, 0.5) is 0 Å². The first kappa shape index (κ1) is 12.1. The van der Waals surface area contributed by atoms with Gasteiger partial charge in [-0.15, -0.1) is 0 Å². The van der Waals surface area contributed by atoms with Crippen LogP contribution in [-0.2, 0) is 13.3 Å². The van der Waals surface area contributed by atoms with Crippen LogP contribution in [-0.4, -0.2) is 36.2 Å².